The summed E-state index contributed by atoms with van der Waals surface area (Å²) in [6.07, 6.45) is 6.68. The first kappa shape index (κ1) is 23.3. The van der Waals surface area contributed by atoms with E-state index in [1.165, 1.54) is 23.4 Å². The van der Waals surface area contributed by atoms with E-state index in [0.717, 1.165) is 51.5 Å². The Balaban J connectivity index is 1.50. The number of ether oxygens (including phenoxy) is 2. The van der Waals surface area contributed by atoms with Gasteiger partial charge in [0.2, 0.25) is 5.95 Å². The molecular weight excluding hydrogens is 445 g/mol. The van der Waals surface area contributed by atoms with Gasteiger partial charge in [-0.1, -0.05) is 12.2 Å². The average Bonchev–Trinajstić information content (AvgIpc) is 2.86. The van der Waals surface area contributed by atoms with Crippen molar-refractivity contribution in [1.29, 1.82) is 0 Å². The summed E-state index contributed by atoms with van der Waals surface area (Å²) in [7, 11) is 2.11. The van der Waals surface area contributed by atoms with E-state index < -0.39 is 0 Å². The Morgan fingerprint density at radius 1 is 1.00 bits per heavy atom. The SMILES string of the molecule is CN1C/C=C/CCOc2cc(F)cc(c2)-c2ccnc(n2)Nc2ccc(N3CCOCC3)c(c2)C1. The van der Waals surface area contributed by atoms with Crippen molar-refractivity contribution in [2.45, 2.75) is 13.0 Å². The van der Waals surface area contributed by atoms with Crippen LogP contribution in [0.3, 0.4) is 0 Å². The molecule has 0 amide bonds. The third kappa shape index (κ3) is 5.96. The monoisotopic (exact) mass is 475 g/mol. The predicted octanol–water partition coefficient (Wildman–Crippen LogP) is 4.63. The fourth-order valence-corrected chi connectivity index (χ4v) is 4.38. The summed E-state index contributed by atoms with van der Waals surface area (Å²) in [6.45, 7) is 5.32. The number of hydrogen-bond donors (Lipinski definition) is 1. The van der Waals surface area contributed by atoms with Crippen LogP contribution < -0.4 is 15.0 Å². The van der Waals surface area contributed by atoms with E-state index >= 15 is 0 Å². The van der Waals surface area contributed by atoms with Crippen LogP contribution in [-0.4, -0.2) is 61.4 Å². The van der Waals surface area contributed by atoms with Gasteiger partial charge >= 0.3 is 0 Å². The molecule has 0 unspecified atom stereocenters. The normalized spacial score (nSPS) is 18.1. The summed E-state index contributed by atoms with van der Waals surface area (Å²) in [4.78, 5) is 13.7. The fourth-order valence-electron chi connectivity index (χ4n) is 4.38. The minimum atomic E-state index is -0.361. The topological polar surface area (TPSA) is 62.8 Å². The number of benzene rings is 2. The Bertz CT molecular complexity index is 1200. The highest BCUT2D eigenvalue weighted by Crippen LogP contribution is 2.29. The highest BCUT2D eigenvalue weighted by molar-refractivity contribution is 5.66. The number of rotatable bonds is 1. The molecule has 1 fully saturated rings. The first-order valence-electron chi connectivity index (χ1n) is 12.0. The van der Waals surface area contributed by atoms with Gasteiger partial charge in [0, 0.05) is 55.4 Å². The lowest BCUT2D eigenvalue weighted by Gasteiger charge is -2.31. The Labute approximate surface area is 205 Å². The van der Waals surface area contributed by atoms with Gasteiger partial charge in [-0.15, -0.1) is 0 Å². The number of morpholine rings is 1. The molecule has 182 valence electrons. The van der Waals surface area contributed by atoms with Gasteiger partial charge in [-0.25, -0.2) is 14.4 Å². The van der Waals surface area contributed by atoms with Crippen LogP contribution in [-0.2, 0) is 11.3 Å². The number of nitrogens with zero attached hydrogens (tertiary/aromatic N) is 4. The summed E-state index contributed by atoms with van der Waals surface area (Å²) in [5.41, 5.74) is 4.62. The van der Waals surface area contributed by atoms with Crippen LogP contribution in [0.25, 0.3) is 11.3 Å². The first-order chi connectivity index (χ1) is 17.1. The van der Waals surface area contributed by atoms with Crippen molar-refractivity contribution < 1.29 is 13.9 Å². The van der Waals surface area contributed by atoms with Crippen molar-refractivity contribution in [1.82, 2.24) is 14.9 Å². The quantitative estimate of drug-likeness (QED) is 0.515. The Morgan fingerprint density at radius 2 is 1.89 bits per heavy atom. The standard InChI is InChI=1S/C27H30FN5O2/c1-32-9-3-2-4-12-35-24-17-20(15-22(28)18-24)25-7-8-29-27(31-25)30-23-5-6-26(21(16-23)19-32)33-10-13-34-14-11-33/h2-3,5-8,15-18H,4,9-14,19H2,1H3,(H,29,30,31)/b3-2+. The molecule has 1 aromatic heterocycles. The van der Waals surface area contributed by atoms with Crippen LogP contribution in [0.15, 0.2) is 60.8 Å². The second kappa shape index (κ2) is 10.8. The van der Waals surface area contributed by atoms with Crippen molar-refractivity contribution in [3.05, 3.63) is 72.2 Å². The van der Waals surface area contributed by atoms with E-state index in [9.17, 15) is 4.39 Å². The zero-order valence-electron chi connectivity index (χ0n) is 19.9. The average molecular weight is 476 g/mol. The van der Waals surface area contributed by atoms with Crippen molar-refractivity contribution in [2.24, 2.45) is 0 Å². The lowest BCUT2D eigenvalue weighted by Crippen LogP contribution is -2.37. The molecule has 2 aliphatic rings. The van der Waals surface area contributed by atoms with Crippen LogP contribution in [0.4, 0.5) is 21.7 Å². The Hall–Kier alpha value is -3.49. The predicted molar refractivity (Wildman–Crippen MR) is 136 cm³/mol. The van der Waals surface area contributed by atoms with Gasteiger partial charge in [0.15, 0.2) is 0 Å². The van der Waals surface area contributed by atoms with Crippen LogP contribution in [0.1, 0.15) is 12.0 Å². The number of nitrogens with one attached hydrogen (secondary N) is 1. The highest BCUT2D eigenvalue weighted by atomic mass is 19.1. The second-order valence-electron chi connectivity index (χ2n) is 8.81. The van der Waals surface area contributed by atoms with E-state index in [2.05, 4.69) is 62.5 Å². The molecule has 1 saturated heterocycles. The van der Waals surface area contributed by atoms with Crippen molar-refractivity contribution in [3.8, 4) is 17.0 Å². The maximum atomic E-state index is 14.3. The number of anilines is 3. The number of fused-ring (bicyclic) bond motifs is 7. The van der Waals surface area contributed by atoms with Gasteiger partial charge in [0.05, 0.1) is 25.5 Å². The second-order valence-corrected chi connectivity index (χ2v) is 8.81. The largest absolute Gasteiger partial charge is 0.493 e. The molecule has 0 aliphatic carbocycles. The summed E-state index contributed by atoms with van der Waals surface area (Å²) in [6, 6.07) is 12.8. The van der Waals surface area contributed by atoms with Gasteiger partial charge in [-0.05, 0) is 55.4 Å². The van der Waals surface area contributed by atoms with Crippen molar-refractivity contribution in [2.75, 3.05) is 56.7 Å². The molecule has 0 radical (unpaired) electrons. The molecule has 35 heavy (non-hydrogen) atoms. The van der Waals surface area contributed by atoms with E-state index in [-0.39, 0.29) is 5.82 Å². The zero-order valence-corrected chi connectivity index (χ0v) is 19.9. The molecule has 3 heterocycles. The van der Waals surface area contributed by atoms with Gasteiger partial charge in [0.25, 0.3) is 0 Å². The Morgan fingerprint density at radius 3 is 2.77 bits per heavy atom. The van der Waals surface area contributed by atoms with Gasteiger partial charge in [-0.3, -0.25) is 4.90 Å². The minimum Gasteiger partial charge on any atom is -0.493 e. The molecular formula is C27H30FN5O2. The smallest absolute Gasteiger partial charge is 0.227 e. The highest BCUT2D eigenvalue weighted by Gasteiger charge is 2.17. The van der Waals surface area contributed by atoms with Crippen LogP contribution in [0.2, 0.25) is 0 Å². The van der Waals surface area contributed by atoms with Crippen molar-refractivity contribution in [3.63, 3.8) is 0 Å². The van der Waals surface area contributed by atoms with Crippen LogP contribution >= 0.6 is 0 Å². The van der Waals surface area contributed by atoms with E-state index in [0.29, 0.717) is 29.6 Å². The molecule has 0 saturated carbocycles. The maximum absolute atomic E-state index is 14.3. The molecule has 0 spiro atoms. The zero-order chi connectivity index (χ0) is 24.0. The number of likely N-dealkylation sites (N-methyl/N-ethyl adjacent to an activating group) is 1. The molecule has 6 bridgehead atoms. The summed E-state index contributed by atoms with van der Waals surface area (Å²) in [5, 5.41) is 3.33. The van der Waals surface area contributed by atoms with Gasteiger partial charge in [0.1, 0.15) is 11.6 Å². The summed E-state index contributed by atoms with van der Waals surface area (Å²) in [5.74, 6) is 0.584. The number of hydrogen-bond acceptors (Lipinski definition) is 7. The lowest BCUT2D eigenvalue weighted by molar-refractivity contribution is 0.122. The summed E-state index contributed by atoms with van der Waals surface area (Å²) < 4.78 is 25.7. The molecule has 2 aliphatic heterocycles. The molecule has 0 atom stereocenters. The van der Waals surface area contributed by atoms with E-state index in [1.807, 2.05) is 6.07 Å². The maximum Gasteiger partial charge on any atom is 0.227 e. The molecule has 1 N–H and O–H groups in total. The van der Waals surface area contributed by atoms with Crippen LogP contribution in [0.5, 0.6) is 5.75 Å². The first-order valence-corrected chi connectivity index (χ1v) is 12.0. The molecule has 2 aromatic carbocycles. The lowest BCUT2D eigenvalue weighted by atomic mass is 10.1. The van der Waals surface area contributed by atoms with Crippen molar-refractivity contribution >= 4 is 17.3 Å². The third-order valence-electron chi connectivity index (χ3n) is 6.09. The number of halogens is 1. The minimum absolute atomic E-state index is 0.361. The fraction of sp³-hybridized carbons (Fsp3) is 0.333. The van der Waals surface area contributed by atoms with Gasteiger partial charge in [-0.2, -0.15) is 0 Å². The van der Waals surface area contributed by atoms with Crippen LogP contribution in [0, 0.1) is 5.82 Å². The molecule has 5 rings (SSSR count). The van der Waals surface area contributed by atoms with E-state index in [1.54, 1.807) is 12.3 Å². The van der Waals surface area contributed by atoms with Gasteiger partial charge < -0.3 is 19.7 Å². The Kier molecular flexibility index (Phi) is 7.20. The number of aromatic nitrogens is 2. The summed E-state index contributed by atoms with van der Waals surface area (Å²) >= 11 is 0. The molecule has 3 aromatic rings. The third-order valence-corrected chi connectivity index (χ3v) is 6.09. The van der Waals surface area contributed by atoms with E-state index in [4.69, 9.17) is 9.47 Å². The molecule has 7 nitrogen and oxygen atoms in total. The molecule has 8 heteroatoms.